The van der Waals surface area contributed by atoms with Crippen LogP contribution in [0.25, 0.3) is 11.4 Å². The molecule has 0 unspecified atom stereocenters. The first-order valence-corrected chi connectivity index (χ1v) is 8.94. The normalized spacial score (nSPS) is 11.3. The Morgan fingerprint density at radius 1 is 1.15 bits per heavy atom. The van der Waals surface area contributed by atoms with Gasteiger partial charge in [0, 0.05) is 30.7 Å². The Bertz CT molecular complexity index is 938. The van der Waals surface area contributed by atoms with E-state index in [1.165, 1.54) is 0 Å². The lowest BCUT2D eigenvalue weighted by Crippen LogP contribution is -2.22. The second kappa shape index (κ2) is 7.66. The molecule has 27 heavy (non-hydrogen) atoms. The van der Waals surface area contributed by atoms with Crippen LogP contribution in [-0.2, 0) is 17.3 Å². The number of carbonyl (C=O) groups is 1. The number of ether oxygens (including phenoxy) is 1. The van der Waals surface area contributed by atoms with Gasteiger partial charge >= 0.3 is 0 Å². The predicted octanol–water partition coefficient (Wildman–Crippen LogP) is 4.40. The Morgan fingerprint density at radius 2 is 1.93 bits per heavy atom. The molecule has 1 heterocycles. The van der Waals surface area contributed by atoms with E-state index < -0.39 is 0 Å². The first-order valence-electron chi connectivity index (χ1n) is 8.94. The summed E-state index contributed by atoms with van der Waals surface area (Å²) in [6.45, 7) is 6.33. The van der Waals surface area contributed by atoms with Gasteiger partial charge in [-0.2, -0.15) is 0 Å². The number of nitrogens with zero attached hydrogens (tertiary/aromatic N) is 2. The van der Waals surface area contributed by atoms with Crippen molar-refractivity contribution in [1.29, 1.82) is 0 Å². The minimum Gasteiger partial charge on any atom is -0.483 e. The smallest absolute Gasteiger partial charge is 0.262 e. The number of imidazole rings is 1. The Kier molecular flexibility index (Phi) is 5.31. The van der Waals surface area contributed by atoms with Crippen molar-refractivity contribution in [3.63, 3.8) is 0 Å². The zero-order chi connectivity index (χ0) is 19.4. The van der Waals surface area contributed by atoms with Gasteiger partial charge in [-0.1, -0.05) is 51.1 Å². The van der Waals surface area contributed by atoms with Gasteiger partial charge in [-0.15, -0.1) is 0 Å². The summed E-state index contributed by atoms with van der Waals surface area (Å²) in [7, 11) is 1.94. The lowest BCUT2D eigenvalue weighted by Gasteiger charge is -2.22. The molecule has 0 saturated carbocycles. The molecular formula is C22H25N3O2. The molecule has 5 heteroatoms. The highest BCUT2D eigenvalue weighted by atomic mass is 16.5. The molecular weight excluding hydrogens is 338 g/mol. The number of rotatable bonds is 5. The van der Waals surface area contributed by atoms with E-state index in [4.69, 9.17) is 4.74 Å². The number of benzene rings is 2. The minimum atomic E-state index is -0.198. The fraction of sp³-hybridized carbons (Fsp3) is 0.273. The van der Waals surface area contributed by atoms with Gasteiger partial charge < -0.3 is 14.6 Å². The molecule has 0 fully saturated rings. The van der Waals surface area contributed by atoms with Crippen LogP contribution in [0.1, 0.15) is 26.3 Å². The van der Waals surface area contributed by atoms with E-state index in [2.05, 4.69) is 31.1 Å². The second-order valence-electron chi connectivity index (χ2n) is 7.53. The van der Waals surface area contributed by atoms with Gasteiger partial charge in [-0.05, 0) is 29.2 Å². The van der Waals surface area contributed by atoms with Crippen molar-refractivity contribution in [3.05, 3.63) is 66.5 Å². The van der Waals surface area contributed by atoms with Gasteiger partial charge in [-0.25, -0.2) is 4.98 Å². The summed E-state index contributed by atoms with van der Waals surface area (Å²) < 4.78 is 7.73. The Labute approximate surface area is 160 Å². The van der Waals surface area contributed by atoms with Crippen molar-refractivity contribution in [2.24, 2.45) is 7.05 Å². The summed E-state index contributed by atoms with van der Waals surface area (Å²) in [5.41, 5.74) is 2.69. The molecule has 5 nitrogen and oxygen atoms in total. The maximum absolute atomic E-state index is 12.4. The summed E-state index contributed by atoms with van der Waals surface area (Å²) in [6, 6.07) is 15.5. The van der Waals surface area contributed by atoms with Crippen molar-refractivity contribution in [2.45, 2.75) is 26.2 Å². The summed E-state index contributed by atoms with van der Waals surface area (Å²) in [5.74, 6) is 1.39. The predicted molar refractivity (Wildman–Crippen MR) is 108 cm³/mol. The molecule has 1 N–H and O–H groups in total. The van der Waals surface area contributed by atoms with Gasteiger partial charge in [0.05, 0.1) is 0 Å². The maximum Gasteiger partial charge on any atom is 0.262 e. The highest BCUT2D eigenvalue weighted by Crippen LogP contribution is 2.31. The highest BCUT2D eigenvalue weighted by Gasteiger charge is 2.19. The van der Waals surface area contributed by atoms with Gasteiger partial charge in [0.25, 0.3) is 5.91 Å². The van der Waals surface area contributed by atoms with E-state index in [-0.39, 0.29) is 17.9 Å². The number of aromatic nitrogens is 2. The standard InChI is InChI=1S/C22H25N3O2/c1-22(2,3)18-10-5-6-11-19(18)27-15-20(26)24-17-9-7-8-16(14-17)21-23-12-13-25(21)4/h5-14H,15H2,1-4H3,(H,24,26). The SMILES string of the molecule is Cn1ccnc1-c1cccc(NC(=O)COc2ccccc2C(C)(C)C)c1. The van der Waals surface area contributed by atoms with Gasteiger partial charge in [0.2, 0.25) is 0 Å². The molecule has 0 aliphatic rings. The zero-order valence-corrected chi connectivity index (χ0v) is 16.2. The summed E-state index contributed by atoms with van der Waals surface area (Å²) >= 11 is 0. The quantitative estimate of drug-likeness (QED) is 0.731. The fourth-order valence-corrected chi connectivity index (χ4v) is 2.93. The molecule has 0 atom stereocenters. The lowest BCUT2D eigenvalue weighted by atomic mass is 9.86. The summed E-state index contributed by atoms with van der Waals surface area (Å²) in [4.78, 5) is 16.7. The second-order valence-corrected chi connectivity index (χ2v) is 7.53. The number of para-hydroxylation sites is 1. The third-order valence-electron chi connectivity index (χ3n) is 4.28. The number of nitrogens with one attached hydrogen (secondary N) is 1. The Balaban J connectivity index is 1.67. The van der Waals surface area contributed by atoms with Crippen molar-refractivity contribution >= 4 is 11.6 Å². The van der Waals surface area contributed by atoms with E-state index >= 15 is 0 Å². The van der Waals surface area contributed by atoms with E-state index in [1.54, 1.807) is 6.20 Å². The number of carbonyl (C=O) groups excluding carboxylic acids is 1. The minimum absolute atomic E-state index is 0.0419. The molecule has 0 aliphatic carbocycles. The molecule has 0 aliphatic heterocycles. The number of aryl methyl sites for hydroxylation is 1. The van der Waals surface area contributed by atoms with Gasteiger partial charge in [-0.3, -0.25) is 4.79 Å². The van der Waals surface area contributed by atoms with Crippen LogP contribution in [0.3, 0.4) is 0 Å². The van der Waals surface area contributed by atoms with Crippen LogP contribution in [0, 0.1) is 0 Å². The Morgan fingerprint density at radius 3 is 2.63 bits per heavy atom. The molecule has 3 rings (SSSR count). The molecule has 2 aromatic carbocycles. The van der Waals surface area contributed by atoms with Crippen LogP contribution in [0.5, 0.6) is 5.75 Å². The third kappa shape index (κ3) is 4.56. The molecule has 0 radical (unpaired) electrons. The fourth-order valence-electron chi connectivity index (χ4n) is 2.93. The topological polar surface area (TPSA) is 56.2 Å². The molecule has 0 bridgehead atoms. The summed E-state index contributed by atoms with van der Waals surface area (Å²) in [5, 5.41) is 2.89. The van der Waals surface area contributed by atoms with Crippen LogP contribution in [0.2, 0.25) is 0 Å². The van der Waals surface area contributed by atoms with Crippen LogP contribution < -0.4 is 10.1 Å². The van der Waals surface area contributed by atoms with Crippen molar-refractivity contribution in [1.82, 2.24) is 9.55 Å². The number of hydrogen-bond acceptors (Lipinski definition) is 3. The Hall–Kier alpha value is -3.08. The van der Waals surface area contributed by atoms with Crippen molar-refractivity contribution < 1.29 is 9.53 Å². The molecule has 1 amide bonds. The lowest BCUT2D eigenvalue weighted by molar-refractivity contribution is -0.118. The molecule has 1 aromatic heterocycles. The van der Waals surface area contributed by atoms with Crippen molar-refractivity contribution in [3.8, 4) is 17.1 Å². The van der Waals surface area contributed by atoms with E-state index in [0.29, 0.717) is 5.69 Å². The zero-order valence-electron chi connectivity index (χ0n) is 16.2. The maximum atomic E-state index is 12.4. The first kappa shape index (κ1) is 18.7. The van der Waals surface area contributed by atoms with Crippen LogP contribution in [0.15, 0.2) is 60.9 Å². The number of anilines is 1. The van der Waals surface area contributed by atoms with Gasteiger partial charge in [0.1, 0.15) is 11.6 Å². The molecule has 140 valence electrons. The van der Waals surface area contributed by atoms with Crippen molar-refractivity contribution in [2.75, 3.05) is 11.9 Å². The molecule has 3 aromatic rings. The van der Waals surface area contributed by atoms with Crippen LogP contribution in [-0.4, -0.2) is 22.1 Å². The first-order chi connectivity index (χ1) is 12.8. The largest absolute Gasteiger partial charge is 0.483 e. The van der Waals surface area contributed by atoms with E-state index in [9.17, 15) is 4.79 Å². The number of hydrogen-bond donors (Lipinski definition) is 1. The van der Waals surface area contributed by atoms with Gasteiger partial charge in [0.15, 0.2) is 6.61 Å². The monoisotopic (exact) mass is 363 g/mol. The van der Waals surface area contributed by atoms with Crippen LogP contribution >= 0.6 is 0 Å². The molecule has 0 spiro atoms. The summed E-state index contributed by atoms with van der Waals surface area (Å²) in [6.07, 6.45) is 3.64. The van der Waals surface area contributed by atoms with E-state index in [1.807, 2.05) is 66.3 Å². The third-order valence-corrected chi connectivity index (χ3v) is 4.28. The van der Waals surface area contributed by atoms with Crippen LogP contribution in [0.4, 0.5) is 5.69 Å². The molecule has 0 saturated heterocycles. The average molecular weight is 363 g/mol. The average Bonchev–Trinajstić information content (AvgIpc) is 3.06. The number of amides is 1. The van der Waals surface area contributed by atoms with E-state index in [0.717, 1.165) is 22.7 Å². The highest BCUT2D eigenvalue weighted by molar-refractivity contribution is 5.92.